The van der Waals surface area contributed by atoms with Crippen LogP contribution in [-0.2, 0) is 6.42 Å². The van der Waals surface area contributed by atoms with Gasteiger partial charge in [-0.1, -0.05) is 23.7 Å². The quantitative estimate of drug-likeness (QED) is 0.903. The van der Waals surface area contributed by atoms with E-state index in [-0.39, 0.29) is 18.2 Å². The Hall–Kier alpha value is -2.40. The number of nitrogens with one attached hydrogen (secondary N) is 1. The SMILES string of the molecule is CC1Cc2cc(NC(=O)N3CC(Oc4ccccc4Cl)C3)ccc2O1. The molecular formula is C19H19ClN2O3. The van der Waals surface area contributed by atoms with Crippen LogP contribution in [0.3, 0.4) is 0 Å². The highest BCUT2D eigenvalue weighted by Gasteiger charge is 2.33. The van der Waals surface area contributed by atoms with E-state index in [4.69, 9.17) is 21.1 Å². The molecule has 2 aliphatic heterocycles. The van der Waals surface area contributed by atoms with E-state index in [1.807, 2.05) is 43.3 Å². The number of likely N-dealkylation sites (tertiary alicyclic amines) is 1. The van der Waals surface area contributed by atoms with Gasteiger partial charge in [0.1, 0.15) is 23.7 Å². The Morgan fingerprint density at radius 3 is 2.88 bits per heavy atom. The molecule has 2 aromatic carbocycles. The van der Waals surface area contributed by atoms with Gasteiger partial charge in [0.15, 0.2) is 0 Å². The maximum Gasteiger partial charge on any atom is 0.322 e. The normalized spacial score (nSPS) is 19.0. The van der Waals surface area contributed by atoms with Crippen LogP contribution in [-0.4, -0.2) is 36.2 Å². The lowest BCUT2D eigenvalue weighted by Gasteiger charge is -2.38. The van der Waals surface area contributed by atoms with Crippen molar-refractivity contribution in [2.24, 2.45) is 0 Å². The van der Waals surface area contributed by atoms with Crippen molar-refractivity contribution in [2.45, 2.75) is 25.6 Å². The summed E-state index contributed by atoms with van der Waals surface area (Å²) in [5.41, 5.74) is 1.92. The summed E-state index contributed by atoms with van der Waals surface area (Å²) < 4.78 is 11.5. The lowest BCUT2D eigenvalue weighted by atomic mass is 10.1. The molecule has 0 spiro atoms. The molecule has 1 fully saturated rings. The highest BCUT2D eigenvalue weighted by Crippen LogP contribution is 2.31. The van der Waals surface area contributed by atoms with Gasteiger partial charge in [-0.3, -0.25) is 0 Å². The van der Waals surface area contributed by atoms with Gasteiger partial charge in [0.25, 0.3) is 0 Å². The van der Waals surface area contributed by atoms with Crippen LogP contribution in [0, 0.1) is 0 Å². The first-order chi connectivity index (χ1) is 12.1. The van der Waals surface area contributed by atoms with Crippen molar-refractivity contribution in [1.82, 2.24) is 4.90 Å². The van der Waals surface area contributed by atoms with Crippen LogP contribution in [0.25, 0.3) is 0 Å². The van der Waals surface area contributed by atoms with Gasteiger partial charge in [-0.15, -0.1) is 0 Å². The fourth-order valence-electron chi connectivity index (χ4n) is 3.10. The minimum absolute atomic E-state index is 0.0279. The highest BCUT2D eigenvalue weighted by atomic mass is 35.5. The molecule has 0 aromatic heterocycles. The van der Waals surface area contributed by atoms with E-state index in [1.54, 1.807) is 11.0 Å². The first-order valence-corrected chi connectivity index (χ1v) is 8.73. The number of anilines is 1. The Bertz CT molecular complexity index is 805. The van der Waals surface area contributed by atoms with Gasteiger partial charge in [0.05, 0.1) is 18.1 Å². The van der Waals surface area contributed by atoms with Crippen LogP contribution in [0.15, 0.2) is 42.5 Å². The van der Waals surface area contributed by atoms with Gasteiger partial charge < -0.3 is 19.7 Å². The molecule has 0 radical (unpaired) electrons. The zero-order valence-electron chi connectivity index (χ0n) is 13.9. The molecule has 0 saturated carbocycles. The second-order valence-electron chi connectivity index (χ2n) is 6.46. The van der Waals surface area contributed by atoms with Crippen LogP contribution in [0.1, 0.15) is 12.5 Å². The molecule has 1 N–H and O–H groups in total. The van der Waals surface area contributed by atoms with Gasteiger partial charge in [-0.2, -0.15) is 0 Å². The Morgan fingerprint density at radius 2 is 2.08 bits per heavy atom. The third kappa shape index (κ3) is 3.37. The smallest absolute Gasteiger partial charge is 0.322 e. The fourth-order valence-corrected chi connectivity index (χ4v) is 3.28. The second-order valence-corrected chi connectivity index (χ2v) is 6.87. The third-order valence-electron chi connectivity index (χ3n) is 4.41. The van der Waals surface area contributed by atoms with Crippen molar-refractivity contribution in [1.29, 1.82) is 0 Å². The molecular weight excluding hydrogens is 340 g/mol. The third-order valence-corrected chi connectivity index (χ3v) is 4.73. The minimum atomic E-state index is -0.120. The number of ether oxygens (including phenoxy) is 2. The lowest BCUT2D eigenvalue weighted by molar-refractivity contribution is 0.0494. The molecule has 2 amide bonds. The second kappa shape index (κ2) is 6.48. The molecule has 25 heavy (non-hydrogen) atoms. The molecule has 0 aliphatic carbocycles. The number of para-hydroxylation sites is 1. The van der Waals surface area contributed by atoms with Crippen molar-refractivity contribution in [3.8, 4) is 11.5 Å². The summed E-state index contributed by atoms with van der Waals surface area (Å²) in [6.07, 6.45) is 1.04. The number of nitrogens with zero attached hydrogens (tertiary/aromatic N) is 1. The number of hydrogen-bond donors (Lipinski definition) is 1. The monoisotopic (exact) mass is 358 g/mol. The zero-order chi connectivity index (χ0) is 17.4. The number of urea groups is 1. The molecule has 5 nitrogen and oxygen atoms in total. The first kappa shape index (κ1) is 16.1. The lowest BCUT2D eigenvalue weighted by Crippen LogP contribution is -2.57. The van der Waals surface area contributed by atoms with Crippen molar-refractivity contribution < 1.29 is 14.3 Å². The topological polar surface area (TPSA) is 50.8 Å². The van der Waals surface area contributed by atoms with Crippen molar-refractivity contribution in [2.75, 3.05) is 18.4 Å². The van der Waals surface area contributed by atoms with Gasteiger partial charge in [0.2, 0.25) is 0 Å². The number of benzene rings is 2. The maximum absolute atomic E-state index is 12.3. The fraction of sp³-hybridized carbons (Fsp3) is 0.316. The summed E-state index contributed by atoms with van der Waals surface area (Å²) in [6, 6.07) is 13.0. The number of carbonyl (C=O) groups excluding carboxylic acids is 1. The molecule has 1 saturated heterocycles. The van der Waals surface area contributed by atoms with Crippen molar-refractivity contribution in [3.05, 3.63) is 53.1 Å². The number of carbonyl (C=O) groups is 1. The van der Waals surface area contributed by atoms with Crippen LogP contribution < -0.4 is 14.8 Å². The van der Waals surface area contributed by atoms with Crippen LogP contribution >= 0.6 is 11.6 Å². The molecule has 0 bridgehead atoms. The van der Waals surface area contributed by atoms with E-state index in [1.165, 1.54) is 0 Å². The first-order valence-electron chi connectivity index (χ1n) is 8.35. The van der Waals surface area contributed by atoms with E-state index in [0.717, 1.165) is 23.4 Å². The number of amides is 2. The molecule has 6 heteroatoms. The predicted octanol–water partition coefficient (Wildman–Crippen LogP) is 3.96. The van der Waals surface area contributed by atoms with Gasteiger partial charge in [-0.05, 0) is 42.8 Å². The summed E-state index contributed by atoms with van der Waals surface area (Å²) >= 11 is 6.08. The Morgan fingerprint density at radius 1 is 1.28 bits per heavy atom. The van der Waals surface area contributed by atoms with E-state index < -0.39 is 0 Å². The Balaban J connectivity index is 1.31. The van der Waals surface area contributed by atoms with Gasteiger partial charge in [0, 0.05) is 12.1 Å². The Kier molecular flexibility index (Phi) is 4.17. The minimum Gasteiger partial charge on any atom is -0.490 e. The zero-order valence-corrected chi connectivity index (χ0v) is 14.6. The van der Waals surface area contributed by atoms with E-state index in [9.17, 15) is 4.79 Å². The average molecular weight is 359 g/mol. The number of fused-ring (bicyclic) bond motifs is 1. The number of rotatable bonds is 3. The highest BCUT2D eigenvalue weighted by molar-refractivity contribution is 6.32. The van der Waals surface area contributed by atoms with Crippen LogP contribution in [0.4, 0.5) is 10.5 Å². The van der Waals surface area contributed by atoms with E-state index in [0.29, 0.717) is 23.9 Å². The van der Waals surface area contributed by atoms with Crippen LogP contribution in [0.5, 0.6) is 11.5 Å². The molecule has 1 atom stereocenters. The average Bonchev–Trinajstić information content (AvgIpc) is 2.91. The molecule has 1 unspecified atom stereocenters. The largest absolute Gasteiger partial charge is 0.490 e. The van der Waals surface area contributed by atoms with Crippen LogP contribution in [0.2, 0.25) is 5.02 Å². The van der Waals surface area contributed by atoms with E-state index >= 15 is 0 Å². The summed E-state index contributed by atoms with van der Waals surface area (Å²) in [6.45, 7) is 3.13. The number of hydrogen-bond acceptors (Lipinski definition) is 3. The van der Waals surface area contributed by atoms with Gasteiger partial charge in [-0.25, -0.2) is 4.79 Å². The predicted molar refractivity (Wildman–Crippen MR) is 96.7 cm³/mol. The standard InChI is InChI=1S/C19H19ClN2O3/c1-12-8-13-9-14(6-7-17(13)24-12)21-19(23)22-10-15(11-22)25-18-5-3-2-4-16(18)20/h2-7,9,12,15H,8,10-11H2,1H3,(H,21,23). The van der Waals surface area contributed by atoms with Crippen molar-refractivity contribution in [3.63, 3.8) is 0 Å². The maximum atomic E-state index is 12.3. The molecule has 130 valence electrons. The van der Waals surface area contributed by atoms with E-state index in [2.05, 4.69) is 5.32 Å². The molecule has 2 aromatic rings. The summed E-state index contributed by atoms with van der Waals surface area (Å²) in [5, 5.41) is 3.52. The van der Waals surface area contributed by atoms with Gasteiger partial charge >= 0.3 is 6.03 Å². The molecule has 4 rings (SSSR count). The summed E-state index contributed by atoms with van der Waals surface area (Å²) in [4.78, 5) is 14.0. The summed E-state index contributed by atoms with van der Waals surface area (Å²) in [5.74, 6) is 1.56. The number of halogens is 1. The molecule has 2 heterocycles. The van der Waals surface area contributed by atoms with Crippen molar-refractivity contribution >= 4 is 23.3 Å². The molecule has 2 aliphatic rings. The Labute approximate surface area is 151 Å². The summed E-state index contributed by atoms with van der Waals surface area (Å²) in [7, 11) is 0.